The Labute approximate surface area is 142 Å². The van der Waals surface area contributed by atoms with Crippen molar-refractivity contribution in [3.05, 3.63) is 39.9 Å². The number of nitrogens with zero attached hydrogens (tertiary/aromatic N) is 2. The van der Waals surface area contributed by atoms with Crippen LogP contribution in [0.3, 0.4) is 0 Å². The van der Waals surface area contributed by atoms with E-state index in [-0.39, 0.29) is 35.8 Å². The van der Waals surface area contributed by atoms with Crippen LogP contribution < -0.4 is 5.73 Å². The molecule has 0 saturated carbocycles. The number of rotatable bonds is 5. The Morgan fingerprint density at radius 1 is 1.35 bits per heavy atom. The highest BCUT2D eigenvalue weighted by Gasteiger charge is 2.35. The SMILES string of the molecule is CC1CCCN(S(=O)(=O)Cc2ccc([N+](=O)[O-])cc2)C1CN.Cl. The highest BCUT2D eigenvalue weighted by molar-refractivity contribution is 7.88. The first-order valence-electron chi connectivity index (χ1n) is 7.28. The molecule has 23 heavy (non-hydrogen) atoms. The van der Waals surface area contributed by atoms with E-state index in [1.165, 1.54) is 28.6 Å². The molecule has 2 N–H and O–H groups in total. The van der Waals surface area contributed by atoms with Gasteiger partial charge < -0.3 is 5.73 Å². The van der Waals surface area contributed by atoms with Gasteiger partial charge in [-0.3, -0.25) is 10.1 Å². The van der Waals surface area contributed by atoms with Crippen LogP contribution in [0.25, 0.3) is 0 Å². The normalized spacial score (nSPS) is 22.3. The summed E-state index contributed by atoms with van der Waals surface area (Å²) in [4.78, 5) is 10.1. The highest BCUT2D eigenvalue weighted by atomic mass is 35.5. The third kappa shape index (κ3) is 4.63. The van der Waals surface area contributed by atoms with Crippen LogP contribution in [0.5, 0.6) is 0 Å². The maximum Gasteiger partial charge on any atom is 0.269 e. The van der Waals surface area contributed by atoms with Crippen molar-refractivity contribution < 1.29 is 13.3 Å². The minimum atomic E-state index is -3.48. The Morgan fingerprint density at radius 2 is 1.96 bits per heavy atom. The van der Waals surface area contributed by atoms with Crippen LogP contribution in [0, 0.1) is 16.0 Å². The van der Waals surface area contributed by atoms with Gasteiger partial charge in [0, 0.05) is 31.3 Å². The van der Waals surface area contributed by atoms with E-state index in [0.29, 0.717) is 18.7 Å². The van der Waals surface area contributed by atoms with Crippen molar-refractivity contribution in [2.75, 3.05) is 13.1 Å². The fraction of sp³-hybridized carbons (Fsp3) is 0.571. The van der Waals surface area contributed by atoms with Crippen LogP contribution in [-0.4, -0.2) is 36.8 Å². The summed E-state index contributed by atoms with van der Waals surface area (Å²) in [5, 5.41) is 10.6. The Balaban J connectivity index is 0.00000264. The summed E-state index contributed by atoms with van der Waals surface area (Å²) in [5.41, 5.74) is 6.24. The molecular weight excluding hydrogens is 342 g/mol. The predicted octanol–water partition coefficient (Wildman–Crippen LogP) is 1.91. The monoisotopic (exact) mass is 363 g/mol. The van der Waals surface area contributed by atoms with Crippen molar-refractivity contribution in [3.8, 4) is 0 Å². The largest absolute Gasteiger partial charge is 0.329 e. The number of benzene rings is 1. The minimum absolute atomic E-state index is 0. The smallest absolute Gasteiger partial charge is 0.269 e. The van der Waals surface area contributed by atoms with Crippen molar-refractivity contribution >= 4 is 28.1 Å². The summed E-state index contributed by atoms with van der Waals surface area (Å²) in [6.07, 6.45) is 1.81. The minimum Gasteiger partial charge on any atom is -0.329 e. The number of hydrogen-bond donors (Lipinski definition) is 1. The van der Waals surface area contributed by atoms with Gasteiger partial charge in [-0.05, 0) is 24.3 Å². The molecule has 0 aliphatic carbocycles. The molecule has 1 aromatic rings. The van der Waals surface area contributed by atoms with Crippen molar-refractivity contribution in [2.45, 2.75) is 31.6 Å². The molecule has 1 saturated heterocycles. The number of piperidine rings is 1. The molecule has 2 unspecified atom stereocenters. The Kier molecular flexibility index (Phi) is 6.94. The second-order valence-electron chi connectivity index (χ2n) is 5.71. The standard InChI is InChI=1S/C14H21N3O4S.ClH/c1-11-3-2-8-16(14(11)9-15)22(20,21)10-12-4-6-13(7-5-12)17(18)19;/h4-7,11,14H,2-3,8-10,15H2,1H3;1H. The third-order valence-corrected chi connectivity index (χ3v) is 6.03. The van der Waals surface area contributed by atoms with Crippen LogP contribution in [0.15, 0.2) is 24.3 Å². The van der Waals surface area contributed by atoms with Crippen molar-refractivity contribution in [1.29, 1.82) is 0 Å². The molecule has 130 valence electrons. The summed E-state index contributed by atoms with van der Waals surface area (Å²) in [6.45, 7) is 2.81. The van der Waals surface area contributed by atoms with Gasteiger partial charge in [0.05, 0.1) is 10.7 Å². The lowest BCUT2D eigenvalue weighted by Crippen LogP contribution is -2.51. The van der Waals surface area contributed by atoms with E-state index < -0.39 is 14.9 Å². The van der Waals surface area contributed by atoms with Crippen molar-refractivity contribution in [2.24, 2.45) is 11.7 Å². The first kappa shape index (κ1) is 19.8. The third-order valence-electron chi connectivity index (χ3n) is 4.16. The second kappa shape index (κ2) is 8.05. The molecule has 7 nitrogen and oxygen atoms in total. The molecule has 1 aromatic carbocycles. The lowest BCUT2D eigenvalue weighted by molar-refractivity contribution is -0.384. The zero-order valence-electron chi connectivity index (χ0n) is 12.9. The molecule has 0 aromatic heterocycles. The summed E-state index contributed by atoms with van der Waals surface area (Å²) in [6, 6.07) is 5.45. The summed E-state index contributed by atoms with van der Waals surface area (Å²) in [5.74, 6) is 0.0826. The quantitative estimate of drug-likeness (QED) is 0.635. The number of halogens is 1. The van der Waals surface area contributed by atoms with Gasteiger partial charge in [0.2, 0.25) is 10.0 Å². The molecule has 2 atom stereocenters. The maximum atomic E-state index is 12.6. The molecule has 0 spiro atoms. The zero-order chi connectivity index (χ0) is 16.3. The van der Waals surface area contributed by atoms with Gasteiger partial charge >= 0.3 is 0 Å². The summed E-state index contributed by atoms with van der Waals surface area (Å²) in [7, 11) is -3.48. The Hall–Kier alpha value is -1.22. The van der Waals surface area contributed by atoms with Gasteiger partial charge in [-0.25, -0.2) is 8.42 Å². The molecule has 2 rings (SSSR count). The fourth-order valence-electron chi connectivity index (χ4n) is 2.91. The van der Waals surface area contributed by atoms with Gasteiger partial charge in [-0.15, -0.1) is 12.4 Å². The first-order chi connectivity index (χ1) is 10.3. The van der Waals surface area contributed by atoms with Crippen molar-refractivity contribution in [3.63, 3.8) is 0 Å². The summed E-state index contributed by atoms with van der Waals surface area (Å²) >= 11 is 0. The number of sulfonamides is 1. The molecule has 1 fully saturated rings. The molecule has 0 bridgehead atoms. The molecular formula is C14H22ClN3O4S. The van der Waals surface area contributed by atoms with Gasteiger partial charge in [-0.1, -0.05) is 19.1 Å². The van der Waals surface area contributed by atoms with Crippen molar-refractivity contribution in [1.82, 2.24) is 4.31 Å². The average molecular weight is 364 g/mol. The van der Waals surface area contributed by atoms with E-state index in [9.17, 15) is 18.5 Å². The second-order valence-corrected chi connectivity index (χ2v) is 7.63. The van der Waals surface area contributed by atoms with Crippen LogP contribution in [0.4, 0.5) is 5.69 Å². The molecule has 9 heteroatoms. The lowest BCUT2D eigenvalue weighted by Gasteiger charge is -2.38. The number of nitrogens with two attached hydrogens (primary N) is 1. The Morgan fingerprint density at radius 3 is 2.48 bits per heavy atom. The number of nitro benzene ring substituents is 1. The van der Waals surface area contributed by atoms with Gasteiger partial charge in [0.25, 0.3) is 5.69 Å². The maximum absolute atomic E-state index is 12.6. The fourth-order valence-corrected chi connectivity index (χ4v) is 4.81. The topological polar surface area (TPSA) is 107 Å². The zero-order valence-corrected chi connectivity index (χ0v) is 14.6. The first-order valence-corrected chi connectivity index (χ1v) is 8.89. The van der Waals surface area contributed by atoms with Crippen LogP contribution in [0.1, 0.15) is 25.3 Å². The number of hydrogen-bond acceptors (Lipinski definition) is 5. The van der Waals surface area contributed by atoms with Gasteiger partial charge in [0.1, 0.15) is 0 Å². The number of non-ortho nitro benzene ring substituents is 1. The van der Waals surface area contributed by atoms with Gasteiger partial charge in [-0.2, -0.15) is 4.31 Å². The molecule has 0 radical (unpaired) electrons. The van der Waals surface area contributed by atoms with E-state index in [4.69, 9.17) is 5.73 Å². The summed E-state index contributed by atoms with van der Waals surface area (Å²) < 4.78 is 26.8. The van der Waals surface area contributed by atoms with Crippen LogP contribution >= 0.6 is 12.4 Å². The molecule has 0 amide bonds. The predicted molar refractivity (Wildman–Crippen MR) is 90.9 cm³/mol. The van der Waals surface area contributed by atoms with E-state index in [1.54, 1.807) is 0 Å². The Bertz CT molecular complexity index is 636. The number of nitro groups is 1. The van der Waals surface area contributed by atoms with E-state index in [2.05, 4.69) is 0 Å². The van der Waals surface area contributed by atoms with Gasteiger partial charge in [0.15, 0.2) is 0 Å². The molecule has 1 heterocycles. The average Bonchev–Trinajstić information content (AvgIpc) is 2.47. The van der Waals surface area contributed by atoms with Crippen LogP contribution in [0.2, 0.25) is 0 Å². The van der Waals surface area contributed by atoms with Crippen LogP contribution in [-0.2, 0) is 15.8 Å². The lowest BCUT2D eigenvalue weighted by atomic mass is 9.93. The molecule has 1 aliphatic rings. The highest BCUT2D eigenvalue weighted by Crippen LogP contribution is 2.27. The van der Waals surface area contributed by atoms with E-state index in [0.717, 1.165) is 12.8 Å². The van der Waals surface area contributed by atoms with E-state index in [1.807, 2.05) is 6.92 Å². The van der Waals surface area contributed by atoms with E-state index >= 15 is 0 Å². The molecule has 1 aliphatic heterocycles.